The first-order valence-electron chi connectivity index (χ1n) is 15.6. The molecule has 0 aliphatic carbocycles. The van der Waals surface area contributed by atoms with Gasteiger partial charge in [-0.3, -0.25) is 4.98 Å². The Kier molecular flexibility index (Phi) is 26.0. The fourth-order valence-electron chi connectivity index (χ4n) is 3.22. The Morgan fingerprint density at radius 2 is 1.26 bits per heavy atom. The summed E-state index contributed by atoms with van der Waals surface area (Å²) in [5, 5.41) is 0. The molecule has 0 amide bonds. The van der Waals surface area contributed by atoms with Crippen molar-refractivity contribution in [3.8, 4) is 0 Å². The van der Waals surface area contributed by atoms with Crippen LogP contribution in [0.15, 0.2) is 78.1 Å². The van der Waals surface area contributed by atoms with Gasteiger partial charge in [-0.25, -0.2) is 13.8 Å². The van der Waals surface area contributed by atoms with E-state index in [1.165, 1.54) is 49.3 Å². The number of aromatic nitrogens is 2. The predicted molar refractivity (Wildman–Crippen MR) is 187 cm³/mol. The predicted octanol–water partition coefficient (Wildman–Crippen LogP) is 13.4. The van der Waals surface area contributed by atoms with Crippen LogP contribution in [-0.2, 0) is 0 Å². The van der Waals surface area contributed by atoms with E-state index in [0.717, 1.165) is 42.1 Å². The molecular formula is C38H64F2N2. The van der Waals surface area contributed by atoms with Crippen molar-refractivity contribution in [2.75, 3.05) is 0 Å². The largest absolute Gasteiger partial charge is 0.253 e. The summed E-state index contributed by atoms with van der Waals surface area (Å²) in [5.74, 6) is -2.46. The summed E-state index contributed by atoms with van der Waals surface area (Å²) in [6.45, 7) is 33.6. The number of benzene rings is 1. The fourth-order valence-corrected chi connectivity index (χ4v) is 3.22. The second-order valence-electron chi connectivity index (χ2n) is 11.9. The quantitative estimate of drug-likeness (QED) is 0.216. The maximum Gasteiger partial charge on any atom is 0.245 e. The molecule has 0 saturated heterocycles. The van der Waals surface area contributed by atoms with Crippen molar-refractivity contribution in [2.45, 2.75) is 141 Å². The topological polar surface area (TPSA) is 25.8 Å². The number of hydrogen-bond acceptors (Lipinski definition) is 2. The molecule has 0 N–H and O–H groups in total. The van der Waals surface area contributed by atoms with Crippen molar-refractivity contribution < 1.29 is 8.78 Å². The van der Waals surface area contributed by atoms with Crippen LogP contribution in [0.25, 0.3) is 11.0 Å². The van der Waals surface area contributed by atoms with Crippen molar-refractivity contribution in [3.63, 3.8) is 0 Å². The van der Waals surface area contributed by atoms with Gasteiger partial charge >= 0.3 is 0 Å². The van der Waals surface area contributed by atoms with Crippen molar-refractivity contribution in [2.24, 2.45) is 5.41 Å². The van der Waals surface area contributed by atoms with Crippen LogP contribution in [0.1, 0.15) is 134 Å². The zero-order valence-electron chi connectivity index (χ0n) is 29.6. The molecule has 0 spiro atoms. The van der Waals surface area contributed by atoms with Gasteiger partial charge in [-0.1, -0.05) is 114 Å². The number of para-hydroxylation sites is 2. The van der Waals surface area contributed by atoms with E-state index in [1.807, 2.05) is 45.0 Å². The Balaban J connectivity index is -0.000000468. The summed E-state index contributed by atoms with van der Waals surface area (Å²) in [5.41, 5.74) is 8.65. The van der Waals surface area contributed by atoms with E-state index in [9.17, 15) is 8.78 Å². The first kappa shape index (κ1) is 43.8. The summed E-state index contributed by atoms with van der Waals surface area (Å²) in [6.07, 6.45) is 13.5. The molecule has 0 unspecified atom stereocenters. The van der Waals surface area contributed by atoms with Gasteiger partial charge in [-0.05, 0) is 84.8 Å². The van der Waals surface area contributed by atoms with Gasteiger partial charge in [0.1, 0.15) is 0 Å². The standard InChI is InChI=1S/C11H18.C9H8N2.C9H20.C5H10.C4H8F2/c1-6-10(4)11(5)8-7-9(2)3;1-7-6-10-8-4-2-3-5-9(8)11-7;1-5-7-9(3,4)8-6-2;1-4-5(2)3;1-3-4(2,5)6/h7-8H,2,6H2,1,3-5H3;2-6H,1H3;5-8H2,1-4H3;2,4H2,1,3H3;3H2,1-2H3/b8-7-,11-10+;;;;. The number of fused-ring (bicyclic) bond motifs is 1. The Labute approximate surface area is 259 Å². The monoisotopic (exact) mass is 587 g/mol. The minimum Gasteiger partial charge on any atom is -0.253 e. The van der Waals surface area contributed by atoms with E-state index in [2.05, 4.69) is 90.7 Å². The van der Waals surface area contributed by atoms with Crippen molar-refractivity contribution in [1.29, 1.82) is 0 Å². The third-order valence-electron chi connectivity index (χ3n) is 6.47. The molecule has 4 heteroatoms. The van der Waals surface area contributed by atoms with Crippen LogP contribution < -0.4 is 0 Å². The lowest BCUT2D eigenvalue weighted by Crippen LogP contribution is -2.09. The van der Waals surface area contributed by atoms with Crippen LogP contribution in [-0.4, -0.2) is 15.9 Å². The van der Waals surface area contributed by atoms with Gasteiger partial charge in [-0.2, -0.15) is 0 Å². The second kappa shape index (κ2) is 24.9. The third-order valence-corrected chi connectivity index (χ3v) is 6.47. The number of hydrogen-bond donors (Lipinski definition) is 0. The first-order chi connectivity index (χ1) is 19.4. The zero-order valence-corrected chi connectivity index (χ0v) is 29.6. The summed E-state index contributed by atoms with van der Waals surface area (Å²) < 4.78 is 22.9. The highest BCUT2D eigenvalue weighted by atomic mass is 19.3. The summed E-state index contributed by atoms with van der Waals surface area (Å²) in [7, 11) is 0. The maximum atomic E-state index is 11.5. The molecule has 1 aromatic carbocycles. The van der Waals surface area contributed by atoms with E-state index in [0.29, 0.717) is 5.41 Å². The Morgan fingerprint density at radius 3 is 1.62 bits per heavy atom. The van der Waals surface area contributed by atoms with Gasteiger partial charge in [0, 0.05) is 12.6 Å². The van der Waals surface area contributed by atoms with Crippen LogP contribution in [0.2, 0.25) is 0 Å². The average molecular weight is 587 g/mol. The molecule has 240 valence electrons. The fraction of sp³-hybridized carbons (Fsp3) is 0.579. The van der Waals surface area contributed by atoms with E-state index >= 15 is 0 Å². The van der Waals surface area contributed by atoms with Gasteiger partial charge in [0.05, 0.1) is 16.7 Å². The van der Waals surface area contributed by atoms with Crippen LogP contribution in [0.3, 0.4) is 0 Å². The highest BCUT2D eigenvalue weighted by Crippen LogP contribution is 2.27. The summed E-state index contributed by atoms with van der Waals surface area (Å²) in [6, 6.07) is 7.86. The average Bonchev–Trinajstić information content (AvgIpc) is 2.92. The number of halogens is 2. The molecular weight excluding hydrogens is 522 g/mol. The second-order valence-corrected chi connectivity index (χ2v) is 11.9. The molecule has 2 nitrogen and oxygen atoms in total. The molecule has 42 heavy (non-hydrogen) atoms. The number of rotatable bonds is 9. The lowest BCUT2D eigenvalue weighted by Gasteiger charge is -2.22. The molecule has 2 aromatic rings. The number of aryl methyl sites for hydroxylation is 1. The molecule has 2 rings (SSSR count). The van der Waals surface area contributed by atoms with Crippen LogP contribution in [0, 0.1) is 12.3 Å². The molecule has 0 atom stereocenters. The number of nitrogens with zero attached hydrogens (tertiary/aromatic N) is 2. The Morgan fingerprint density at radius 1 is 0.810 bits per heavy atom. The zero-order chi connectivity index (χ0) is 33.4. The number of allylic oxidation sites excluding steroid dienone is 6. The van der Waals surface area contributed by atoms with Crippen molar-refractivity contribution in [3.05, 3.63) is 83.8 Å². The van der Waals surface area contributed by atoms with E-state index in [-0.39, 0.29) is 6.42 Å². The molecule has 0 saturated carbocycles. The Bertz CT molecular complexity index is 1050. The van der Waals surface area contributed by atoms with Gasteiger partial charge in [0.15, 0.2) is 0 Å². The van der Waals surface area contributed by atoms with Gasteiger partial charge in [-0.15, -0.1) is 6.58 Å². The number of alkyl halides is 2. The Hall–Kier alpha value is -2.62. The minimum absolute atomic E-state index is 0.0625. The normalized spacial score (nSPS) is 11.4. The van der Waals surface area contributed by atoms with Crippen LogP contribution in [0.5, 0.6) is 0 Å². The van der Waals surface area contributed by atoms with Crippen molar-refractivity contribution in [1.82, 2.24) is 9.97 Å². The van der Waals surface area contributed by atoms with Crippen molar-refractivity contribution >= 4 is 11.0 Å². The molecule has 0 radical (unpaired) electrons. The van der Waals surface area contributed by atoms with Gasteiger partial charge in [0.25, 0.3) is 0 Å². The molecule has 1 aromatic heterocycles. The molecule has 1 heterocycles. The highest BCUT2D eigenvalue weighted by molar-refractivity contribution is 5.73. The summed E-state index contributed by atoms with van der Waals surface area (Å²) >= 11 is 0. The summed E-state index contributed by atoms with van der Waals surface area (Å²) in [4.78, 5) is 8.53. The lowest BCUT2D eigenvalue weighted by molar-refractivity contribution is 0.0181. The SMILES string of the molecule is C=C(C)/C=C\C(C)=C(/C)CC.C=C(C)CC.CCC(C)(F)F.CCCC(C)(C)CCC.Cc1cnc2ccccc2n1. The molecule has 0 aliphatic heterocycles. The maximum absolute atomic E-state index is 11.5. The van der Waals surface area contributed by atoms with Crippen LogP contribution >= 0.6 is 0 Å². The minimum atomic E-state index is -2.46. The smallest absolute Gasteiger partial charge is 0.245 e. The van der Waals surface area contributed by atoms with Crippen LogP contribution in [0.4, 0.5) is 8.78 Å². The molecule has 0 bridgehead atoms. The van der Waals surface area contributed by atoms with E-state index in [1.54, 1.807) is 6.20 Å². The van der Waals surface area contributed by atoms with E-state index in [4.69, 9.17) is 0 Å². The van der Waals surface area contributed by atoms with Gasteiger partial charge < -0.3 is 0 Å². The van der Waals surface area contributed by atoms with Gasteiger partial charge in [0.2, 0.25) is 5.92 Å². The highest BCUT2D eigenvalue weighted by Gasteiger charge is 2.15. The van der Waals surface area contributed by atoms with E-state index < -0.39 is 5.92 Å². The third kappa shape index (κ3) is 28.9. The first-order valence-corrected chi connectivity index (χ1v) is 15.6. The molecule has 0 aliphatic rings. The molecule has 0 fully saturated rings. The lowest BCUT2D eigenvalue weighted by atomic mass is 9.84.